The third-order valence-electron chi connectivity index (χ3n) is 3.08. The van der Waals surface area contributed by atoms with Gasteiger partial charge < -0.3 is 10.2 Å². The van der Waals surface area contributed by atoms with Crippen LogP contribution in [-0.2, 0) is 9.59 Å². The molecule has 2 amide bonds. The average Bonchev–Trinajstić information content (AvgIpc) is 2.80. The molecule has 5 nitrogen and oxygen atoms in total. The van der Waals surface area contributed by atoms with Gasteiger partial charge in [0.25, 0.3) is 0 Å². The van der Waals surface area contributed by atoms with E-state index >= 15 is 0 Å². The molecule has 0 saturated heterocycles. The second kappa shape index (κ2) is 6.65. The fraction of sp³-hybridized carbons (Fsp3) is 0.267. The topological polar surface area (TPSA) is 62.3 Å². The number of likely N-dealkylation sites (N-methyl/N-ethyl adjacent to an activating group) is 1. The van der Waals surface area contributed by atoms with Gasteiger partial charge in [-0.25, -0.2) is 9.37 Å². The van der Waals surface area contributed by atoms with Gasteiger partial charge in [-0.05, 0) is 31.2 Å². The van der Waals surface area contributed by atoms with Crippen molar-refractivity contribution in [2.45, 2.75) is 13.8 Å². The zero-order chi connectivity index (χ0) is 16.3. The molecule has 1 heterocycles. The summed E-state index contributed by atoms with van der Waals surface area (Å²) in [5.41, 5.74) is 1.50. The first-order valence-electron chi connectivity index (χ1n) is 6.61. The molecule has 0 saturated carbocycles. The number of aryl methyl sites for hydroxylation is 1. The van der Waals surface area contributed by atoms with Gasteiger partial charge in [0.05, 0.1) is 12.2 Å². The normalized spacial score (nSPS) is 10.4. The first kappa shape index (κ1) is 16.1. The minimum Gasteiger partial charge on any atom is -0.337 e. The maximum absolute atomic E-state index is 13.0. The maximum Gasteiger partial charge on any atom is 0.245 e. The van der Waals surface area contributed by atoms with Gasteiger partial charge in [-0.2, -0.15) is 0 Å². The zero-order valence-corrected chi connectivity index (χ0v) is 13.3. The van der Waals surface area contributed by atoms with Crippen molar-refractivity contribution in [2.75, 3.05) is 18.9 Å². The summed E-state index contributed by atoms with van der Waals surface area (Å²) in [6.07, 6.45) is 0. The van der Waals surface area contributed by atoms with E-state index in [1.807, 2.05) is 6.92 Å². The lowest BCUT2D eigenvalue weighted by Crippen LogP contribution is -2.33. The molecule has 0 radical (unpaired) electrons. The van der Waals surface area contributed by atoms with Crippen molar-refractivity contribution >= 4 is 28.3 Å². The molecule has 1 aromatic heterocycles. The van der Waals surface area contributed by atoms with E-state index in [4.69, 9.17) is 0 Å². The first-order chi connectivity index (χ1) is 10.4. The molecule has 0 atom stereocenters. The Hall–Kier alpha value is -2.28. The van der Waals surface area contributed by atoms with Crippen molar-refractivity contribution in [2.24, 2.45) is 0 Å². The summed E-state index contributed by atoms with van der Waals surface area (Å²) in [4.78, 5) is 29.5. The van der Waals surface area contributed by atoms with Crippen LogP contribution in [0.2, 0.25) is 0 Å². The predicted molar refractivity (Wildman–Crippen MR) is 84.2 cm³/mol. The fourth-order valence-electron chi connectivity index (χ4n) is 1.81. The highest BCUT2D eigenvalue weighted by molar-refractivity contribution is 7.16. The first-order valence-corrected chi connectivity index (χ1v) is 7.43. The van der Waals surface area contributed by atoms with Gasteiger partial charge in [0.15, 0.2) is 5.13 Å². The highest BCUT2D eigenvalue weighted by Gasteiger charge is 2.14. The number of rotatable bonds is 4. The number of carbonyl (C=O) groups is 2. The van der Waals surface area contributed by atoms with E-state index in [0.29, 0.717) is 10.8 Å². The zero-order valence-electron chi connectivity index (χ0n) is 12.5. The van der Waals surface area contributed by atoms with E-state index in [0.717, 1.165) is 10.4 Å². The Morgan fingerprint density at radius 3 is 2.55 bits per heavy atom. The number of hydrogen-bond donors (Lipinski definition) is 1. The van der Waals surface area contributed by atoms with Gasteiger partial charge in [-0.1, -0.05) is 0 Å². The molecule has 1 N–H and O–H groups in total. The van der Waals surface area contributed by atoms with E-state index < -0.39 is 0 Å². The largest absolute Gasteiger partial charge is 0.337 e. The lowest BCUT2D eigenvalue weighted by Gasteiger charge is -2.13. The van der Waals surface area contributed by atoms with Crippen LogP contribution < -0.4 is 5.32 Å². The van der Waals surface area contributed by atoms with Crippen molar-refractivity contribution in [3.63, 3.8) is 0 Å². The van der Waals surface area contributed by atoms with Crippen molar-refractivity contribution in [3.05, 3.63) is 35.0 Å². The van der Waals surface area contributed by atoms with Crippen LogP contribution in [0.5, 0.6) is 0 Å². The van der Waals surface area contributed by atoms with Crippen LogP contribution in [0.4, 0.5) is 9.52 Å². The Balaban J connectivity index is 2.11. The van der Waals surface area contributed by atoms with Crippen molar-refractivity contribution in [3.8, 4) is 11.3 Å². The lowest BCUT2D eigenvalue weighted by molar-refractivity contribution is -0.131. The van der Waals surface area contributed by atoms with E-state index in [9.17, 15) is 14.0 Å². The maximum atomic E-state index is 13.0. The summed E-state index contributed by atoms with van der Waals surface area (Å²) in [7, 11) is 1.55. The van der Waals surface area contributed by atoms with E-state index in [1.165, 1.54) is 35.3 Å². The van der Waals surface area contributed by atoms with Crippen LogP contribution in [0, 0.1) is 12.7 Å². The highest BCUT2D eigenvalue weighted by Crippen LogP contribution is 2.30. The molecule has 2 aromatic rings. The Kier molecular flexibility index (Phi) is 4.87. The Bertz CT molecular complexity index is 697. The average molecular weight is 321 g/mol. The molecule has 0 spiro atoms. The summed E-state index contributed by atoms with van der Waals surface area (Å²) in [6, 6.07) is 6.03. The third-order valence-corrected chi connectivity index (χ3v) is 3.97. The minimum absolute atomic E-state index is 0.0279. The number of carbonyl (C=O) groups excluding carboxylic acids is 2. The van der Waals surface area contributed by atoms with Crippen molar-refractivity contribution in [1.82, 2.24) is 9.88 Å². The molecular weight excluding hydrogens is 305 g/mol. The molecule has 22 heavy (non-hydrogen) atoms. The minimum atomic E-state index is -0.308. The van der Waals surface area contributed by atoms with Crippen LogP contribution in [0.15, 0.2) is 24.3 Å². The number of hydrogen-bond acceptors (Lipinski definition) is 4. The van der Waals surface area contributed by atoms with Crippen LogP contribution in [0.3, 0.4) is 0 Å². The number of halogens is 1. The molecule has 116 valence electrons. The summed E-state index contributed by atoms with van der Waals surface area (Å²) >= 11 is 1.34. The van der Waals surface area contributed by atoms with Crippen LogP contribution in [0.1, 0.15) is 11.8 Å². The Morgan fingerprint density at radius 1 is 1.32 bits per heavy atom. The van der Waals surface area contributed by atoms with E-state index in [2.05, 4.69) is 10.3 Å². The molecular formula is C15H16FN3O2S. The molecule has 7 heteroatoms. The number of thiazole rings is 1. The number of nitrogens with one attached hydrogen (secondary N) is 1. The second-order valence-electron chi connectivity index (χ2n) is 4.85. The van der Waals surface area contributed by atoms with Gasteiger partial charge in [0.1, 0.15) is 5.82 Å². The summed E-state index contributed by atoms with van der Waals surface area (Å²) < 4.78 is 13.0. The summed E-state index contributed by atoms with van der Waals surface area (Å²) in [5.74, 6) is -0.799. The summed E-state index contributed by atoms with van der Waals surface area (Å²) in [6.45, 7) is 3.25. The van der Waals surface area contributed by atoms with Crippen molar-refractivity contribution < 1.29 is 14.0 Å². The van der Waals surface area contributed by atoms with Crippen LogP contribution >= 0.6 is 11.3 Å². The molecule has 0 aliphatic carbocycles. The van der Waals surface area contributed by atoms with Crippen molar-refractivity contribution in [1.29, 1.82) is 0 Å². The van der Waals surface area contributed by atoms with E-state index in [-0.39, 0.29) is 24.2 Å². The number of amides is 2. The van der Waals surface area contributed by atoms with E-state index in [1.54, 1.807) is 19.2 Å². The molecule has 0 fully saturated rings. The molecule has 2 rings (SSSR count). The SMILES string of the molecule is CC(=O)N(C)CC(=O)Nc1nc(-c2ccc(F)cc2)c(C)s1. The number of aromatic nitrogens is 1. The lowest BCUT2D eigenvalue weighted by atomic mass is 10.1. The molecule has 1 aromatic carbocycles. The summed E-state index contributed by atoms with van der Waals surface area (Å²) in [5, 5.41) is 3.13. The van der Waals surface area contributed by atoms with Crippen LogP contribution in [-0.4, -0.2) is 35.3 Å². The number of nitrogens with zero attached hydrogens (tertiary/aromatic N) is 2. The molecule has 0 unspecified atom stereocenters. The Labute approximate surface area is 131 Å². The van der Waals surface area contributed by atoms with Gasteiger partial charge in [-0.15, -0.1) is 11.3 Å². The van der Waals surface area contributed by atoms with Gasteiger partial charge in [0.2, 0.25) is 11.8 Å². The fourth-order valence-corrected chi connectivity index (χ4v) is 2.66. The second-order valence-corrected chi connectivity index (χ2v) is 6.06. The van der Waals surface area contributed by atoms with Crippen LogP contribution in [0.25, 0.3) is 11.3 Å². The van der Waals surface area contributed by atoms with Gasteiger partial charge in [-0.3, -0.25) is 9.59 Å². The Morgan fingerprint density at radius 2 is 1.95 bits per heavy atom. The monoisotopic (exact) mass is 321 g/mol. The standard InChI is InChI=1S/C15H16FN3O2S/c1-9-14(11-4-6-12(16)7-5-11)18-15(22-9)17-13(21)8-19(3)10(2)20/h4-7H,8H2,1-3H3,(H,17,18,21). The molecule has 0 bridgehead atoms. The molecule has 0 aliphatic heterocycles. The van der Waals surface area contributed by atoms with Gasteiger partial charge >= 0.3 is 0 Å². The molecule has 0 aliphatic rings. The highest BCUT2D eigenvalue weighted by atomic mass is 32.1. The number of anilines is 1. The van der Waals surface area contributed by atoms with Gasteiger partial charge in [0, 0.05) is 24.4 Å². The number of benzene rings is 1. The third kappa shape index (κ3) is 3.88. The predicted octanol–water partition coefficient (Wildman–Crippen LogP) is 2.67. The smallest absolute Gasteiger partial charge is 0.245 e. The quantitative estimate of drug-likeness (QED) is 0.942.